The number of fused-ring (bicyclic) bond motifs is 1. The zero-order chi connectivity index (χ0) is 19.0. The molecule has 1 amide bonds. The van der Waals surface area contributed by atoms with Gasteiger partial charge in [-0.25, -0.2) is 9.37 Å². The van der Waals surface area contributed by atoms with E-state index in [1.54, 1.807) is 19.1 Å². The summed E-state index contributed by atoms with van der Waals surface area (Å²) >= 11 is 0. The van der Waals surface area contributed by atoms with Crippen LogP contribution in [0.1, 0.15) is 24.5 Å². The standard InChI is InChI=1S/C19H23FN4O3/c1-11-21-18(23-22-11)8-19(26)24-9-12-6-16(25)17(7-13(12)10-24)27-15-4-2-14(20)3-5-15/h2-5,12-13,16-17,25H,6-10H2,1H3,(H,21,22,23)/t12-,13+,16+,17+/m0/s1. The molecule has 27 heavy (non-hydrogen) atoms. The molecule has 2 heterocycles. The Morgan fingerprint density at radius 3 is 2.67 bits per heavy atom. The Hall–Kier alpha value is -2.48. The maximum Gasteiger partial charge on any atom is 0.230 e. The molecule has 0 bridgehead atoms. The number of hydrogen-bond donors (Lipinski definition) is 2. The third-order valence-electron chi connectivity index (χ3n) is 5.49. The Bertz CT molecular complexity index is 810. The third-order valence-corrected chi connectivity index (χ3v) is 5.49. The van der Waals surface area contributed by atoms with Crippen molar-refractivity contribution in [2.45, 2.75) is 38.4 Å². The molecule has 0 radical (unpaired) electrons. The Morgan fingerprint density at radius 1 is 1.30 bits per heavy atom. The average Bonchev–Trinajstić information content (AvgIpc) is 3.23. The normalized spacial score (nSPS) is 27.4. The van der Waals surface area contributed by atoms with Gasteiger partial charge in [-0.05, 0) is 55.9 Å². The molecule has 2 fully saturated rings. The largest absolute Gasteiger partial charge is 0.488 e. The summed E-state index contributed by atoms with van der Waals surface area (Å²) in [5.41, 5.74) is 0. The van der Waals surface area contributed by atoms with E-state index < -0.39 is 6.10 Å². The zero-order valence-electron chi connectivity index (χ0n) is 15.1. The molecule has 1 aliphatic heterocycles. The summed E-state index contributed by atoms with van der Waals surface area (Å²) in [6.45, 7) is 3.10. The zero-order valence-corrected chi connectivity index (χ0v) is 15.1. The van der Waals surface area contributed by atoms with Crippen molar-refractivity contribution >= 4 is 5.91 Å². The first kappa shape index (κ1) is 17.9. The summed E-state index contributed by atoms with van der Waals surface area (Å²) in [4.78, 5) is 18.6. The number of carbonyl (C=O) groups is 1. The van der Waals surface area contributed by atoms with Crippen LogP contribution in [0.5, 0.6) is 5.75 Å². The van der Waals surface area contributed by atoms with E-state index in [1.807, 2.05) is 4.90 Å². The molecule has 4 atom stereocenters. The van der Waals surface area contributed by atoms with E-state index in [1.165, 1.54) is 12.1 Å². The van der Waals surface area contributed by atoms with Crippen LogP contribution in [-0.2, 0) is 11.2 Å². The predicted molar refractivity (Wildman–Crippen MR) is 94.4 cm³/mol. The Kier molecular flexibility index (Phi) is 4.82. The number of aromatic nitrogens is 3. The first-order chi connectivity index (χ1) is 13.0. The second kappa shape index (κ2) is 7.26. The van der Waals surface area contributed by atoms with Crippen molar-refractivity contribution in [2.24, 2.45) is 11.8 Å². The van der Waals surface area contributed by atoms with E-state index in [-0.39, 0.29) is 36.1 Å². The Morgan fingerprint density at radius 2 is 2.00 bits per heavy atom. The number of aromatic amines is 1. The highest BCUT2D eigenvalue weighted by atomic mass is 19.1. The molecule has 1 aliphatic carbocycles. The van der Waals surface area contributed by atoms with E-state index >= 15 is 0 Å². The predicted octanol–water partition coefficient (Wildman–Crippen LogP) is 1.47. The first-order valence-corrected chi connectivity index (χ1v) is 9.24. The number of ether oxygens (including phenoxy) is 1. The minimum Gasteiger partial charge on any atom is -0.488 e. The van der Waals surface area contributed by atoms with Crippen molar-refractivity contribution < 1.29 is 19.0 Å². The molecule has 2 aliphatic rings. The molecule has 4 rings (SSSR count). The number of aryl methyl sites for hydroxylation is 1. The lowest BCUT2D eigenvalue weighted by Crippen LogP contribution is -2.42. The third kappa shape index (κ3) is 3.95. The maximum absolute atomic E-state index is 13.0. The van der Waals surface area contributed by atoms with Gasteiger partial charge < -0.3 is 14.7 Å². The van der Waals surface area contributed by atoms with Crippen LogP contribution in [0.2, 0.25) is 0 Å². The van der Waals surface area contributed by atoms with Gasteiger partial charge in [0.2, 0.25) is 5.91 Å². The van der Waals surface area contributed by atoms with Crippen LogP contribution in [-0.4, -0.2) is 56.4 Å². The van der Waals surface area contributed by atoms with Crippen molar-refractivity contribution in [3.8, 4) is 5.75 Å². The lowest BCUT2D eigenvalue weighted by Gasteiger charge is -2.35. The summed E-state index contributed by atoms with van der Waals surface area (Å²) in [5, 5.41) is 17.2. The summed E-state index contributed by atoms with van der Waals surface area (Å²) in [6.07, 6.45) is 0.513. The topological polar surface area (TPSA) is 91.3 Å². The fourth-order valence-corrected chi connectivity index (χ4v) is 4.12. The van der Waals surface area contributed by atoms with Crippen LogP contribution in [0.3, 0.4) is 0 Å². The van der Waals surface area contributed by atoms with Crippen molar-refractivity contribution in [1.82, 2.24) is 20.1 Å². The van der Waals surface area contributed by atoms with E-state index in [0.717, 1.165) is 0 Å². The van der Waals surface area contributed by atoms with Crippen molar-refractivity contribution in [2.75, 3.05) is 13.1 Å². The molecule has 144 valence electrons. The Labute approximate surface area is 156 Å². The van der Waals surface area contributed by atoms with Gasteiger partial charge in [0.25, 0.3) is 0 Å². The van der Waals surface area contributed by atoms with Gasteiger partial charge in [-0.15, -0.1) is 0 Å². The molecule has 1 aromatic heterocycles. The van der Waals surface area contributed by atoms with Gasteiger partial charge in [0.15, 0.2) is 5.82 Å². The van der Waals surface area contributed by atoms with Gasteiger partial charge in [0, 0.05) is 13.1 Å². The SMILES string of the molecule is Cc1nc(CC(=O)N2C[C@H]3C[C@@H](Oc4ccc(F)cc4)[C@H](O)C[C@H]3C2)n[nH]1. The molecule has 0 unspecified atom stereocenters. The highest BCUT2D eigenvalue weighted by molar-refractivity contribution is 5.78. The van der Waals surface area contributed by atoms with Gasteiger partial charge in [-0.1, -0.05) is 0 Å². The minimum absolute atomic E-state index is 0.00823. The van der Waals surface area contributed by atoms with Crippen LogP contribution in [0.25, 0.3) is 0 Å². The van der Waals surface area contributed by atoms with Crippen LogP contribution in [0.15, 0.2) is 24.3 Å². The first-order valence-electron chi connectivity index (χ1n) is 9.24. The minimum atomic E-state index is -0.595. The fourth-order valence-electron chi connectivity index (χ4n) is 4.12. The maximum atomic E-state index is 13.0. The fraction of sp³-hybridized carbons (Fsp3) is 0.526. The smallest absolute Gasteiger partial charge is 0.230 e. The van der Waals surface area contributed by atoms with Crippen molar-refractivity contribution in [3.63, 3.8) is 0 Å². The summed E-state index contributed by atoms with van der Waals surface area (Å²) in [5.74, 6) is 1.99. The second-order valence-corrected chi connectivity index (χ2v) is 7.48. The van der Waals surface area contributed by atoms with Crippen molar-refractivity contribution in [1.29, 1.82) is 0 Å². The summed E-state index contributed by atoms with van der Waals surface area (Å²) < 4.78 is 18.9. The molecule has 2 N–H and O–H groups in total. The van der Waals surface area contributed by atoms with Gasteiger partial charge >= 0.3 is 0 Å². The summed E-state index contributed by atoms with van der Waals surface area (Å²) in [7, 11) is 0. The monoisotopic (exact) mass is 374 g/mol. The number of H-pyrrole nitrogens is 1. The number of aliphatic hydroxyl groups excluding tert-OH is 1. The van der Waals surface area contributed by atoms with Gasteiger partial charge in [0.05, 0.1) is 12.5 Å². The highest BCUT2D eigenvalue weighted by Gasteiger charge is 2.43. The number of aliphatic hydroxyl groups is 1. The molecule has 2 aromatic rings. The number of benzene rings is 1. The van der Waals surface area contributed by atoms with E-state index in [0.29, 0.717) is 43.3 Å². The van der Waals surface area contributed by atoms with Gasteiger partial charge in [-0.2, -0.15) is 5.10 Å². The number of amides is 1. The van der Waals surface area contributed by atoms with Crippen LogP contribution in [0, 0.1) is 24.6 Å². The quantitative estimate of drug-likeness (QED) is 0.846. The lowest BCUT2D eigenvalue weighted by atomic mass is 9.78. The van der Waals surface area contributed by atoms with Crippen molar-refractivity contribution in [3.05, 3.63) is 41.7 Å². The average molecular weight is 374 g/mol. The molecule has 1 aromatic carbocycles. The molecule has 1 saturated carbocycles. The number of carbonyl (C=O) groups excluding carboxylic acids is 1. The van der Waals surface area contributed by atoms with E-state index in [2.05, 4.69) is 15.2 Å². The molecule has 7 nitrogen and oxygen atoms in total. The molecule has 1 saturated heterocycles. The molecule has 0 spiro atoms. The summed E-state index contributed by atoms with van der Waals surface area (Å²) in [6, 6.07) is 5.82. The van der Waals surface area contributed by atoms with Crippen LogP contribution >= 0.6 is 0 Å². The number of nitrogens with zero attached hydrogens (tertiary/aromatic N) is 3. The lowest BCUT2D eigenvalue weighted by molar-refractivity contribution is -0.129. The highest BCUT2D eigenvalue weighted by Crippen LogP contribution is 2.38. The number of hydrogen-bond acceptors (Lipinski definition) is 5. The van der Waals surface area contributed by atoms with Crippen LogP contribution in [0.4, 0.5) is 4.39 Å². The van der Waals surface area contributed by atoms with E-state index in [9.17, 15) is 14.3 Å². The molecule has 8 heteroatoms. The van der Waals surface area contributed by atoms with Crippen LogP contribution < -0.4 is 4.74 Å². The number of halogens is 1. The number of rotatable bonds is 4. The van der Waals surface area contributed by atoms with Gasteiger partial charge in [0.1, 0.15) is 23.5 Å². The number of likely N-dealkylation sites (tertiary alicyclic amines) is 1. The van der Waals surface area contributed by atoms with E-state index in [4.69, 9.17) is 4.74 Å². The molecular formula is C19H23FN4O3. The Balaban J connectivity index is 1.36. The number of nitrogens with one attached hydrogen (secondary N) is 1. The molecular weight excluding hydrogens is 351 g/mol. The van der Waals surface area contributed by atoms with Gasteiger partial charge in [-0.3, -0.25) is 9.89 Å². The second-order valence-electron chi connectivity index (χ2n) is 7.48.